The van der Waals surface area contributed by atoms with Crippen LogP contribution in [0.25, 0.3) is 22.3 Å². The number of benzene rings is 4. The SMILES string of the molecule is N#Cc1ccc(-c2ccc(OCCCCCCCCCCOC(=O)C3C4C=CC(C4)C3C(=O)OCCCCCCCCCCOc3ccc(-c4ccc(C#N)cc4)cc3)cc2)cc1. The molecule has 0 N–H and O–H groups in total. The van der Waals surface area contributed by atoms with Gasteiger partial charge in [-0.1, -0.05) is 138 Å². The molecule has 6 rings (SSSR count). The number of ether oxygens (including phenoxy) is 4. The lowest BCUT2D eigenvalue weighted by Crippen LogP contribution is -2.35. The molecule has 2 aliphatic carbocycles. The lowest BCUT2D eigenvalue weighted by atomic mass is 9.83. The van der Waals surface area contributed by atoms with Gasteiger partial charge in [0.2, 0.25) is 0 Å². The molecule has 1 saturated carbocycles. The Morgan fingerprint density at radius 2 is 0.698 bits per heavy atom. The van der Waals surface area contributed by atoms with Crippen LogP contribution >= 0.6 is 0 Å². The third kappa shape index (κ3) is 14.9. The number of hydrogen-bond donors (Lipinski definition) is 0. The number of fused-ring (bicyclic) bond motifs is 2. The molecule has 0 aliphatic heterocycles. The molecule has 330 valence electrons. The minimum absolute atomic E-state index is 0.0743. The summed E-state index contributed by atoms with van der Waals surface area (Å²) < 4.78 is 23.4. The van der Waals surface area contributed by atoms with Crippen molar-refractivity contribution in [2.75, 3.05) is 26.4 Å². The second-order valence-electron chi connectivity index (χ2n) is 17.1. The highest BCUT2D eigenvalue weighted by Crippen LogP contribution is 2.49. The van der Waals surface area contributed by atoms with E-state index in [4.69, 9.17) is 29.5 Å². The van der Waals surface area contributed by atoms with Gasteiger partial charge in [0.25, 0.3) is 0 Å². The molecule has 4 aromatic rings. The van der Waals surface area contributed by atoms with E-state index >= 15 is 0 Å². The summed E-state index contributed by atoms with van der Waals surface area (Å²) in [6.07, 6.45) is 22.5. The van der Waals surface area contributed by atoms with E-state index in [0.29, 0.717) is 37.6 Å². The summed E-state index contributed by atoms with van der Waals surface area (Å²) in [5.41, 5.74) is 5.70. The standard InChI is InChI=1S/C55H64N2O6/c56-40-42-17-21-44(22-18-42)46-27-31-50(32-28-46)60-35-13-9-5-1-3-7-11-15-37-62-54(58)52-48-25-26-49(39-48)53(52)55(59)63-38-16-12-8-4-2-6-10-14-36-61-51-33-29-47(30-34-51)45-23-19-43(41-57)20-24-45/h17-34,48-49,52-53H,1-16,35-39H2. The summed E-state index contributed by atoms with van der Waals surface area (Å²) in [7, 11) is 0. The molecule has 2 aliphatic rings. The van der Waals surface area contributed by atoms with Gasteiger partial charge in [-0.05, 0) is 115 Å². The first-order chi connectivity index (χ1) is 31.0. The summed E-state index contributed by atoms with van der Waals surface area (Å²) in [5.74, 6) is 0.587. The molecular weight excluding hydrogens is 785 g/mol. The quantitative estimate of drug-likeness (QED) is 0.0315. The summed E-state index contributed by atoms with van der Waals surface area (Å²) >= 11 is 0. The molecule has 0 spiro atoms. The van der Waals surface area contributed by atoms with Crippen molar-refractivity contribution in [1.82, 2.24) is 0 Å². The molecule has 4 atom stereocenters. The molecule has 0 amide bonds. The van der Waals surface area contributed by atoms with Gasteiger partial charge in [-0.3, -0.25) is 9.59 Å². The van der Waals surface area contributed by atoms with E-state index in [1.165, 1.54) is 38.5 Å². The van der Waals surface area contributed by atoms with E-state index in [9.17, 15) is 9.59 Å². The van der Waals surface area contributed by atoms with E-state index in [0.717, 1.165) is 104 Å². The summed E-state index contributed by atoms with van der Waals surface area (Å²) in [5, 5.41) is 18.0. The van der Waals surface area contributed by atoms with Gasteiger partial charge in [0.15, 0.2) is 0 Å². The molecule has 8 nitrogen and oxygen atoms in total. The van der Waals surface area contributed by atoms with E-state index in [-0.39, 0.29) is 23.8 Å². The molecule has 0 radical (unpaired) electrons. The van der Waals surface area contributed by atoms with Gasteiger partial charge < -0.3 is 18.9 Å². The van der Waals surface area contributed by atoms with Gasteiger partial charge in [-0.2, -0.15) is 10.5 Å². The predicted octanol–water partition coefficient (Wildman–Crippen LogP) is 13.0. The van der Waals surface area contributed by atoms with Crippen LogP contribution in [0.3, 0.4) is 0 Å². The van der Waals surface area contributed by atoms with Crippen molar-refractivity contribution in [1.29, 1.82) is 10.5 Å². The van der Waals surface area contributed by atoms with Crippen molar-refractivity contribution in [3.8, 4) is 45.9 Å². The van der Waals surface area contributed by atoms with Gasteiger partial charge in [-0.15, -0.1) is 0 Å². The highest BCUT2D eigenvalue weighted by molar-refractivity contribution is 5.84. The summed E-state index contributed by atoms with van der Waals surface area (Å²) in [4.78, 5) is 26.4. The Bertz CT molecular complexity index is 1950. The third-order valence-corrected chi connectivity index (χ3v) is 12.5. The number of rotatable bonds is 28. The Balaban J connectivity index is 0.723. The number of carbonyl (C=O) groups excluding carboxylic acids is 2. The van der Waals surface area contributed by atoms with Gasteiger partial charge in [-0.25, -0.2) is 0 Å². The summed E-state index contributed by atoms with van der Waals surface area (Å²) in [6.45, 7) is 2.24. The van der Waals surface area contributed by atoms with Crippen LogP contribution in [-0.2, 0) is 19.1 Å². The lowest BCUT2D eigenvalue weighted by molar-refractivity contribution is -0.161. The van der Waals surface area contributed by atoms with Crippen molar-refractivity contribution in [3.63, 3.8) is 0 Å². The molecule has 2 bridgehead atoms. The van der Waals surface area contributed by atoms with Gasteiger partial charge in [0, 0.05) is 0 Å². The number of unbranched alkanes of at least 4 members (excludes halogenated alkanes) is 14. The Kier molecular flexibility index (Phi) is 19.2. The van der Waals surface area contributed by atoms with Crippen molar-refractivity contribution >= 4 is 11.9 Å². The van der Waals surface area contributed by atoms with Crippen molar-refractivity contribution in [3.05, 3.63) is 120 Å². The average molecular weight is 849 g/mol. The van der Waals surface area contributed by atoms with Crippen molar-refractivity contribution < 1.29 is 28.5 Å². The fraction of sp³-hybridized carbons (Fsp3) is 0.455. The van der Waals surface area contributed by atoms with Crippen LogP contribution in [0.1, 0.15) is 120 Å². The zero-order valence-corrected chi connectivity index (χ0v) is 36.9. The number of allylic oxidation sites excluding steroid dienone is 2. The van der Waals surface area contributed by atoms with E-state index < -0.39 is 11.8 Å². The zero-order chi connectivity index (χ0) is 43.9. The van der Waals surface area contributed by atoms with E-state index in [1.54, 1.807) is 0 Å². The number of hydrogen-bond acceptors (Lipinski definition) is 8. The molecule has 4 aromatic carbocycles. The Morgan fingerprint density at radius 3 is 1.02 bits per heavy atom. The van der Waals surface area contributed by atoms with Crippen LogP contribution in [-0.4, -0.2) is 38.4 Å². The molecule has 4 unspecified atom stereocenters. The molecular formula is C55H64N2O6. The first-order valence-electron chi connectivity index (χ1n) is 23.5. The molecule has 0 heterocycles. The Morgan fingerprint density at radius 1 is 0.413 bits per heavy atom. The predicted molar refractivity (Wildman–Crippen MR) is 248 cm³/mol. The fourth-order valence-electron chi connectivity index (χ4n) is 8.87. The Labute approximate surface area is 375 Å². The Hall–Kier alpha value is -5.86. The molecule has 0 saturated heterocycles. The normalized spacial score (nSPS) is 17.2. The molecule has 8 heteroatoms. The molecule has 1 fully saturated rings. The smallest absolute Gasteiger partial charge is 0.310 e. The van der Waals surface area contributed by atoms with Gasteiger partial charge in [0.05, 0.1) is 61.5 Å². The monoisotopic (exact) mass is 848 g/mol. The highest BCUT2D eigenvalue weighted by atomic mass is 16.5. The molecule has 63 heavy (non-hydrogen) atoms. The van der Waals surface area contributed by atoms with Crippen LogP contribution < -0.4 is 9.47 Å². The third-order valence-electron chi connectivity index (χ3n) is 12.5. The number of esters is 2. The second kappa shape index (κ2) is 25.9. The maximum Gasteiger partial charge on any atom is 0.310 e. The van der Waals surface area contributed by atoms with Crippen LogP contribution in [0.15, 0.2) is 109 Å². The van der Waals surface area contributed by atoms with Crippen LogP contribution in [0.2, 0.25) is 0 Å². The largest absolute Gasteiger partial charge is 0.494 e. The number of carbonyl (C=O) groups is 2. The van der Waals surface area contributed by atoms with Crippen LogP contribution in [0.4, 0.5) is 0 Å². The summed E-state index contributed by atoms with van der Waals surface area (Å²) in [6, 6.07) is 35.7. The molecule has 0 aromatic heterocycles. The van der Waals surface area contributed by atoms with Gasteiger partial charge >= 0.3 is 11.9 Å². The van der Waals surface area contributed by atoms with Crippen LogP contribution in [0, 0.1) is 46.3 Å². The maximum absolute atomic E-state index is 13.2. The van der Waals surface area contributed by atoms with Crippen LogP contribution in [0.5, 0.6) is 11.5 Å². The van der Waals surface area contributed by atoms with E-state index in [1.807, 2.05) is 72.8 Å². The van der Waals surface area contributed by atoms with Crippen molar-refractivity contribution in [2.24, 2.45) is 23.7 Å². The zero-order valence-electron chi connectivity index (χ0n) is 36.9. The number of nitrogens with zero attached hydrogens (tertiary/aromatic N) is 2. The number of nitriles is 2. The average Bonchev–Trinajstić information content (AvgIpc) is 3.96. The first kappa shape index (κ1) is 46.6. The fourth-order valence-corrected chi connectivity index (χ4v) is 8.87. The second-order valence-corrected chi connectivity index (χ2v) is 17.1. The maximum atomic E-state index is 13.2. The topological polar surface area (TPSA) is 119 Å². The lowest BCUT2D eigenvalue weighted by Gasteiger charge is -2.25. The minimum atomic E-state index is -0.421. The van der Waals surface area contributed by atoms with Crippen molar-refractivity contribution in [2.45, 2.75) is 109 Å². The van der Waals surface area contributed by atoms with Gasteiger partial charge in [0.1, 0.15) is 11.5 Å². The minimum Gasteiger partial charge on any atom is -0.494 e. The highest BCUT2D eigenvalue weighted by Gasteiger charge is 2.53. The van der Waals surface area contributed by atoms with E-state index in [2.05, 4.69) is 48.6 Å². The first-order valence-corrected chi connectivity index (χ1v) is 23.5.